The van der Waals surface area contributed by atoms with Gasteiger partial charge in [0.05, 0.1) is 11.3 Å². The number of Topliss-reactive ketones (excluding diaryl/α,β-unsaturated/α-hetero) is 1. The van der Waals surface area contributed by atoms with E-state index in [4.69, 9.17) is 0 Å². The van der Waals surface area contributed by atoms with Gasteiger partial charge in [0.15, 0.2) is 0 Å². The number of aryl methyl sites for hydroxylation is 1. The predicted molar refractivity (Wildman–Crippen MR) is 69.8 cm³/mol. The fraction of sp³-hybridized carbons (Fsp3) is 0.467. The summed E-state index contributed by atoms with van der Waals surface area (Å²) in [6.45, 7) is 2.33. The van der Waals surface area contributed by atoms with E-state index in [0.29, 0.717) is 23.7 Å². The van der Waals surface area contributed by atoms with Crippen LogP contribution >= 0.6 is 0 Å². The minimum atomic E-state index is -0.574. The molecule has 3 nitrogen and oxygen atoms in total. The minimum absolute atomic E-state index is 0.223. The fourth-order valence-electron chi connectivity index (χ4n) is 3.23. The number of ketones is 1. The molecule has 1 aliphatic heterocycles. The van der Waals surface area contributed by atoms with E-state index >= 15 is 0 Å². The van der Waals surface area contributed by atoms with Crippen LogP contribution in [0.1, 0.15) is 41.6 Å². The molecule has 1 aromatic carbocycles. The van der Waals surface area contributed by atoms with E-state index in [-0.39, 0.29) is 5.56 Å². The predicted octanol–water partition coefficient (Wildman–Crippen LogP) is 2.85. The highest BCUT2D eigenvalue weighted by Gasteiger charge is 2.38. The maximum Gasteiger partial charge on any atom is 0.299 e. The number of fused-ring (bicyclic) bond motifs is 1. The molecule has 0 unspecified atom stereocenters. The summed E-state index contributed by atoms with van der Waals surface area (Å²) in [5, 5.41) is 0. The maximum atomic E-state index is 13.4. The quantitative estimate of drug-likeness (QED) is 0.768. The Morgan fingerprint density at radius 3 is 2.63 bits per heavy atom. The highest BCUT2D eigenvalue weighted by atomic mass is 19.1. The molecule has 1 amide bonds. The SMILES string of the molecule is Cc1cc(F)cc2c1N(CC1CCCC1)C(=O)C2=O. The lowest BCUT2D eigenvalue weighted by Crippen LogP contribution is -2.34. The number of amides is 1. The van der Waals surface area contributed by atoms with Gasteiger partial charge in [-0.25, -0.2) is 4.39 Å². The van der Waals surface area contributed by atoms with E-state index in [1.165, 1.54) is 25.0 Å². The number of anilines is 1. The molecule has 4 heteroatoms. The van der Waals surface area contributed by atoms with Crippen LogP contribution in [0.15, 0.2) is 12.1 Å². The Bertz CT molecular complexity index is 562. The van der Waals surface area contributed by atoms with Crippen molar-refractivity contribution >= 4 is 17.4 Å². The van der Waals surface area contributed by atoms with Crippen molar-refractivity contribution in [1.82, 2.24) is 0 Å². The average Bonchev–Trinajstić information content (AvgIpc) is 2.93. The van der Waals surface area contributed by atoms with Crippen LogP contribution < -0.4 is 4.90 Å². The van der Waals surface area contributed by atoms with Gasteiger partial charge in [0.2, 0.25) is 0 Å². The Morgan fingerprint density at radius 2 is 1.95 bits per heavy atom. The summed E-state index contributed by atoms with van der Waals surface area (Å²) in [5.41, 5.74) is 1.50. The zero-order chi connectivity index (χ0) is 13.6. The lowest BCUT2D eigenvalue weighted by Gasteiger charge is -2.22. The van der Waals surface area contributed by atoms with Crippen molar-refractivity contribution in [2.45, 2.75) is 32.6 Å². The first kappa shape index (κ1) is 12.3. The molecule has 0 aromatic heterocycles. The molecule has 0 bridgehead atoms. The van der Waals surface area contributed by atoms with Gasteiger partial charge in [-0.3, -0.25) is 9.59 Å². The second-order valence-electron chi connectivity index (χ2n) is 5.51. The molecule has 0 N–H and O–H groups in total. The molecule has 1 fully saturated rings. The van der Waals surface area contributed by atoms with Crippen molar-refractivity contribution < 1.29 is 14.0 Å². The van der Waals surface area contributed by atoms with Crippen LogP contribution in [0.5, 0.6) is 0 Å². The topological polar surface area (TPSA) is 37.4 Å². The number of halogens is 1. The zero-order valence-electron chi connectivity index (χ0n) is 10.9. The Balaban J connectivity index is 1.99. The largest absolute Gasteiger partial charge is 0.304 e. The molecule has 100 valence electrons. The lowest BCUT2D eigenvalue weighted by molar-refractivity contribution is -0.114. The fourth-order valence-corrected chi connectivity index (χ4v) is 3.23. The number of benzene rings is 1. The average molecular weight is 261 g/mol. The number of carbonyl (C=O) groups is 2. The monoisotopic (exact) mass is 261 g/mol. The van der Waals surface area contributed by atoms with Crippen LogP contribution in [-0.2, 0) is 4.79 Å². The van der Waals surface area contributed by atoms with Crippen molar-refractivity contribution in [1.29, 1.82) is 0 Å². The number of nitrogens with zero attached hydrogens (tertiary/aromatic N) is 1. The second kappa shape index (κ2) is 4.44. The van der Waals surface area contributed by atoms with E-state index in [1.54, 1.807) is 11.8 Å². The number of hydrogen-bond donors (Lipinski definition) is 0. The summed E-state index contributed by atoms with van der Waals surface area (Å²) >= 11 is 0. The Morgan fingerprint density at radius 1 is 1.26 bits per heavy atom. The molecule has 1 aliphatic carbocycles. The molecule has 2 aliphatic rings. The summed E-state index contributed by atoms with van der Waals surface area (Å²) in [6.07, 6.45) is 4.59. The maximum absolute atomic E-state index is 13.4. The molecule has 19 heavy (non-hydrogen) atoms. The van der Waals surface area contributed by atoms with E-state index in [9.17, 15) is 14.0 Å². The van der Waals surface area contributed by atoms with Gasteiger partial charge in [-0.1, -0.05) is 12.8 Å². The second-order valence-corrected chi connectivity index (χ2v) is 5.51. The van der Waals surface area contributed by atoms with E-state index in [2.05, 4.69) is 0 Å². The third kappa shape index (κ3) is 1.95. The van der Waals surface area contributed by atoms with Gasteiger partial charge in [-0.05, 0) is 43.4 Å². The molecule has 3 rings (SSSR count). The van der Waals surface area contributed by atoms with Gasteiger partial charge < -0.3 is 4.90 Å². The molecule has 0 saturated heterocycles. The molecule has 0 spiro atoms. The third-order valence-corrected chi connectivity index (χ3v) is 4.13. The number of hydrogen-bond acceptors (Lipinski definition) is 2. The highest BCUT2D eigenvalue weighted by Crippen LogP contribution is 2.36. The van der Waals surface area contributed by atoms with Gasteiger partial charge in [-0.15, -0.1) is 0 Å². The van der Waals surface area contributed by atoms with Crippen LogP contribution in [0.25, 0.3) is 0 Å². The molecule has 1 heterocycles. The summed E-state index contributed by atoms with van der Waals surface area (Å²) in [4.78, 5) is 25.6. The van der Waals surface area contributed by atoms with Crippen LogP contribution in [0.3, 0.4) is 0 Å². The Kier molecular flexibility index (Phi) is 2.88. The van der Waals surface area contributed by atoms with Crippen LogP contribution in [-0.4, -0.2) is 18.2 Å². The van der Waals surface area contributed by atoms with Gasteiger partial charge in [0.1, 0.15) is 5.82 Å². The van der Waals surface area contributed by atoms with Gasteiger partial charge >= 0.3 is 0 Å². The summed E-state index contributed by atoms with van der Waals surface area (Å²) in [5.74, 6) is -1.07. The highest BCUT2D eigenvalue weighted by molar-refractivity contribution is 6.52. The van der Waals surface area contributed by atoms with Gasteiger partial charge in [0.25, 0.3) is 11.7 Å². The van der Waals surface area contributed by atoms with Gasteiger partial charge in [0, 0.05) is 6.54 Å². The first-order valence-electron chi connectivity index (χ1n) is 6.74. The standard InChI is InChI=1S/C15H16FNO2/c1-9-6-11(16)7-12-13(9)17(15(19)14(12)18)8-10-4-2-3-5-10/h6-7,10H,2-5,8H2,1H3. The van der Waals surface area contributed by atoms with E-state index in [1.807, 2.05) is 0 Å². The molecule has 0 radical (unpaired) electrons. The Hall–Kier alpha value is -1.71. The minimum Gasteiger partial charge on any atom is -0.304 e. The molecular formula is C15H16FNO2. The Labute approximate surface area is 111 Å². The molecule has 1 aromatic rings. The number of rotatable bonds is 2. The first-order chi connectivity index (χ1) is 9.08. The van der Waals surface area contributed by atoms with Crippen molar-refractivity contribution in [2.75, 3.05) is 11.4 Å². The summed E-state index contributed by atoms with van der Waals surface area (Å²) < 4.78 is 13.4. The van der Waals surface area contributed by atoms with Crippen molar-refractivity contribution in [3.05, 3.63) is 29.1 Å². The van der Waals surface area contributed by atoms with E-state index < -0.39 is 17.5 Å². The number of carbonyl (C=O) groups excluding carboxylic acids is 2. The summed E-state index contributed by atoms with van der Waals surface area (Å²) in [6, 6.07) is 2.56. The summed E-state index contributed by atoms with van der Waals surface area (Å²) in [7, 11) is 0. The van der Waals surface area contributed by atoms with Crippen LogP contribution in [0, 0.1) is 18.7 Å². The van der Waals surface area contributed by atoms with Gasteiger partial charge in [-0.2, -0.15) is 0 Å². The van der Waals surface area contributed by atoms with Crippen molar-refractivity contribution in [3.8, 4) is 0 Å². The smallest absolute Gasteiger partial charge is 0.299 e. The van der Waals surface area contributed by atoms with Crippen LogP contribution in [0.2, 0.25) is 0 Å². The van der Waals surface area contributed by atoms with Crippen LogP contribution in [0.4, 0.5) is 10.1 Å². The van der Waals surface area contributed by atoms with E-state index in [0.717, 1.165) is 12.8 Å². The van der Waals surface area contributed by atoms with Crippen molar-refractivity contribution in [2.24, 2.45) is 5.92 Å². The van der Waals surface area contributed by atoms with Crippen molar-refractivity contribution in [3.63, 3.8) is 0 Å². The molecule has 0 atom stereocenters. The zero-order valence-corrected chi connectivity index (χ0v) is 10.9. The molecule has 1 saturated carbocycles. The third-order valence-electron chi connectivity index (χ3n) is 4.13. The normalized spacial score (nSPS) is 19.4. The lowest BCUT2D eigenvalue weighted by atomic mass is 10.1. The first-order valence-corrected chi connectivity index (χ1v) is 6.74. The molecular weight excluding hydrogens is 245 g/mol.